The van der Waals surface area contributed by atoms with Crippen molar-refractivity contribution in [1.82, 2.24) is 9.88 Å². The van der Waals surface area contributed by atoms with Gasteiger partial charge in [0.25, 0.3) is 5.91 Å². The topological polar surface area (TPSA) is 42.4 Å². The lowest BCUT2D eigenvalue weighted by Gasteiger charge is -2.38. The SMILES string of the molecule is O=C(c1ccc(Cl)cc1Cl)N1CC(Oc2ncccc2Cl)C1. The first-order valence-electron chi connectivity index (χ1n) is 6.56. The Balaban J connectivity index is 1.61. The first kappa shape index (κ1) is 15.4. The number of carbonyl (C=O) groups excluding carboxylic acids is 1. The van der Waals surface area contributed by atoms with E-state index in [4.69, 9.17) is 39.5 Å². The van der Waals surface area contributed by atoms with Crippen molar-refractivity contribution in [3.63, 3.8) is 0 Å². The van der Waals surface area contributed by atoms with Gasteiger partial charge in [0.1, 0.15) is 11.1 Å². The molecule has 1 saturated heterocycles. The van der Waals surface area contributed by atoms with Crippen molar-refractivity contribution in [3.05, 3.63) is 57.2 Å². The van der Waals surface area contributed by atoms with E-state index in [-0.39, 0.29) is 12.0 Å². The molecule has 114 valence electrons. The molecule has 1 amide bonds. The van der Waals surface area contributed by atoms with Gasteiger partial charge in [-0.1, -0.05) is 34.8 Å². The van der Waals surface area contributed by atoms with E-state index in [0.29, 0.717) is 39.6 Å². The van der Waals surface area contributed by atoms with Crippen molar-refractivity contribution in [2.45, 2.75) is 6.10 Å². The van der Waals surface area contributed by atoms with Gasteiger partial charge in [0.2, 0.25) is 5.88 Å². The maximum absolute atomic E-state index is 12.3. The molecule has 0 radical (unpaired) electrons. The van der Waals surface area contributed by atoms with Gasteiger partial charge in [0.15, 0.2) is 0 Å². The number of ether oxygens (including phenoxy) is 1. The highest BCUT2D eigenvalue weighted by molar-refractivity contribution is 6.36. The molecule has 0 saturated carbocycles. The van der Waals surface area contributed by atoms with Gasteiger partial charge >= 0.3 is 0 Å². The minimum absolute atomic E-state index is 0.123. The van der Waals surface area contributed by atoms with Crippen LogP contribution in [0.2, 0.25) is 15.1 Å². The van der Waals surface area contributed by atoms with Crippen molar-refractivity contribution in [2.24, 2.45) is 0 Å². The maximum Gasteiger partial charge on any atom is 0.255 e. The molecule has 0 atom stereocenters. The third-order valence-corrected chi connectivity index (χ3v) is 4.14. The van der Waals surface area contributed by atoms with Crippen LogP contribution in [0.25, 0.3) is 0 Å². The minimum atomic E-state index is -0.145. The predicted molar refractivity (Wildman–Crippen MR) is 86.0 cm³/mol. The van der Waals surface area contributed by atoms with E-state index < -0.39 is 0 Å². The number of halogens is 3. The minimum Gasteiger partial charge on any atom is -0.470 e. The van der Waals surface area contributed by atoms with Crippen LogP contribution in [-0.2, 0) is 0 Å². The lowest BCUT2D eigenvalue weighted by Crippen LogP contribution is -2.56. The molecule has 1 fully saturated rings. The monoisotopic (exact) mass is 356 g/mol. The first-order chi connectivity index (χ1) is 10.5. The van der Waals surface area contributed by atoms with E-state index in [1.165, 1.54) is 0 Å². The Kier molecular flexibility index (Phi) is 4.43. The van der Waals surface area contributed by atoms with Gasteiger partial charge in [-0.15, -0.1) is 0 Å². The lowest BCUT2D eigenvalue weighted by molar-refractivity contribution is 0.0161. The molecule has 0 bridgehead atoms. The number of carbonyl (C=O) groups is 1. The number of nitrogens with zero attached hydrogens (tertiary/aromatic N) is 2. The zero-order chi connectivity index (χ0) is 15.7. The predicted octanol–water partition coefficient (Wildman–Crippen LogP) is 3.95. The lowest BCUT2D eigenvalue weighted by atomic mass is 10.1. The summed E-state index contributed by atoms with van der Waals surface area (Å²) >= 11 is 17.9. The second kappa shape index (κ2) is 6.32. The van der Waals surface area contributed by atoms with Crippen LogP contribution < -0.4 is 4.74 Å². The van der Waals surface area contributed by atoms with Crippen molar-refractivity contribution in [1.29, 1.82) is 0 Å². The molecule has 1 aliphatic heterocycles. The second-order valence-electron chi connectivity index (χ2n) is 4.86. The molecule has 1 aromatic carbocycles. The summed E-state index contributed by atoms with van der Waals surface area (Å²) in [5, 5.41) is 1.29. The molecule has 22 heavy (non-hydrogen) atoms. The van der Waals surface area contributed by atoms with Gasteiger partial charge < -0.3 is 9.64 Å². The highest BCUT2D eigenvalue weighted by atomic mass is 35.5. The number of rotatable bonds is 3. The van der Waals surface area contributed by atoms with Gasteiger partial charge in [0.05, 0.1) is 23.7 Å². The average Bonchev–Trinajstić information content (AvgIpc) is 2.43. The van der Waals surface area contributed by atoms with Crippen molar-refractivity contribution in [3.8, 4) is 5.88 Å². The number of pyridine rings is 1. The molecule has 0 unspecified atom stereocenters. The molecule has 7 heteroatoms. The number of hydrogen-bond donors (Lipinski definition) is 0. The van der Waals surface area contributed by atoms with Crippen molar-refractivity contribution >= 4 is 40.7 Å². The third-order valence-electron chi connectivity index (χ3n) is 3.30. The van der Waals surface area contributed by atoms with Gasteiger partial charge in [0, 0.05) is 11.2 Å². The molecule has 3 rings (SSSR count). The number of benzene rings is 1. The normalized spacial score (nSPS) is 14.6. The summed E-state index contributed by atoms with van der Waals surface area (Å²) < 4.78 is 5.66. The Hall–Kier alpha value is -1.49. The van der Waals surface area contributed by atoms with E-state index in [0.717, 1.165) is 0 Å². The van der Waals surface area contributed by atoms with Crippen LogP contribution in [0, 0.1) is 0 Å². The Morgan fingerprint density at radius 2 is 1.95 bits per heavy atom. The highest BCUT2D eigenvalue weighted by Crippen LogP contribution is 2.27. The fourth-order valence-electron chi connectivity index (χ4n) is 2.13. The zero-order valence-electron chi connectivity index (χ0n) is 11.3. The van der Waals surface area contributed by atoms with Gasteiger partial charge in [-0.3, -0.25) is 4.79 Å². The zero-order valence-corrected chi connectivity index (χ0v) is 13.6. The van der Waals surface area contributed by atoms with Crippen LogP contribution in [0.4, 0.5) is 0 Å². The fraction of sp³-hybridized carbons (Fsp3) is 0.200. The summed E-state index contributed by atoms with van der Waals surface area (Å²) in [5.41, 5.74) is 0.431. The Morgan fingerprint density at radius 1 is 1.18 bits per heavy atom. The third kappa shape index (κ3) is 3.14. The van der Waals surface area contributed by atoms with Crippen molar-refractivity contribution in [2.75, 3.05) is 13.1 Å². The highest BCUT2D eigenvalue weighted by Gasteiger charge is 2.34. The van der Waals surface area contributed by atoms with E-state index in [9.17, 15) is 4.79 Å². The van der Waals surface area contributed by atoms with Crippen LogP contribution in [0.1, 0.15) is 10.4 Å². The number of likely N-dealkylation sites (tertiary alicyclic amines) is 1. The summed E-state index contributed by atoms with van der Waals surface area (Å²) in [6.45, 7) is 0.926. The van der Waals surface area contributed by atoms with Gasteiger partial charge in [-0.2, -0.15) is 0 Å². The molecule has 4 nitrogen and oxygen atoms in total. The molecule has 1 aromatic heterocycles. The second-order valence-corrected chi connectivity index (χ2v) is 6.12. The van der Waals surface area contributed by atoms with Crippen LogP contribution >= 0.6 is 34.8 Å². The summed E-state index contributed by atoms with van der Waals surface area (Å²) in [6.07, 6.45) is 1.48. The first-order valence-corrected chi connectivity index (χ1v) is 7.69. The van der Waals surface area contributed by atoms with Crippen LogP contribution in [0.3, 0.4) is 0 Å². The molecule has 0 N–H and O–H groups in total. The van der Waals surface area contributed by atoms with Crippen LogP contribution in [0.5, 0.6) is 5.88 Å². The number of amides is 1. The van der Waals surface area contributed by atoms with Crippen LogP contribution in [0.15, 0.2) is 36.5 Å². The largest absolute Gasteiger partial charge is 0.470 e. The average molecular weight is 358 g/mol. The molecule has 0 spiro atoms. The molecule has 2 aromatic rings. The molecule has 0 aliphatic carbocycles. The summed E-state index contributed by atoms with van der Waals surface area (Å²) in [5.74, 6) is 0.236. The molecule has 2 heterocycles. The molecular weight excluding hydrogens is 347 g/mol. The van der Waals surface area contributed by atoms with Gasteiger partial charge in [-0.25, -0.2) is 4.98 Å². The molecule has 1 aliphatic rings. The van der Waals surface area contributed by atoms with Gasteiger partial charge in [-0.05, 0) is 30.3 Å². The smallest absolute Gasteiger partial charge is 0.255 e. The maximum atomic E-state index is 12.3. The molecular formula is C15H11Cl3N2O2. The van der Waals surface area contributed by atoms with E-state index >= 15 is 0 Å². The van der Waals surface area contributed by atoms with Crippen LogP contribution in [-0.4, -0.2) is 35.0 Å². The standard InChI is InChI=1S/C15H11Cl3N2O2/c16-9-3-4-11(13(18)6-9)15(21)20-7-10(8-20)22-14-12(17)2-1-5-19-14/h1-6,10H,7-8H2. The summed E-state index contributed by atoms with van der Waals surface area (Å²) in [7, 11) is 0. The van der Waals surface area contributed by atoms with Crippen molar-refractivity contribution < 1.29 is 9.53 Å². The Morgan fingerprint density at radius 3 is 2.64 bits per heavy atom. The van der Waals surface area contributed by atoms with E-state index in [1.54, 1.807) is 41.4 Å². The fourth-order valence-corrected chi connectivity index (χ4v) is 2.78. The van der Waals surface area contributed by atoms with E-state index in [1.807, 2.05) is 0 Å². The number of aromatic nitrogens is 1. The Labute approximate surface area is 142 Å². The quantitative estimate of drug-likeness (QED) is 0.835. The summed E-state index contributed by atoms with van der Waals surface area (Å²) in [6, 6.07) is 8.25. The Bertz CT molecular complexity index is 718. The van der Waals surface area contributed by atoms with E-state index in [2.05, 4.69) is 4.98 Å². The number of hydrogen-bond acceptors (Lipinski definition) is 3. The summed E-state index contributed by atoms with van der Waals surface area (Å²) in [4.78, 5) is 18.0.